The average molecular weight is 459 g/mol. The third kappa shape index (κ3) is 3.62. The van der Waals surface area contributed by atoms with Gasteiger partial charge in [0.1, 0.15) is 5.78 Å². The predicted octanol–water partition coefficient (Wildman–Crippen LogP) is 6.85. The van der Waals surface area contributed by atoms with Crippen molar-refractivity contribution in [1.82, 2.24) is 0 Å². The van der Waals surface area contributed by atoms with E-state index >= 15 is 0 Å². The maximum absolute atomic E-state index is 12.8. The number of carbonyl (C=O) groups is 1. The van der Waals surface area contributed by atoms with Crippen molar-refractivity contribution in [2.45, 2.75) is 131 Å². The fourth-order valence-corrected chi connectivity index (χ4v) is 9.42. The number of rotatable bonds is 5. The Kier molecular flexibility index (Phi) is 6.10. The molecule has 33 heavy (non-hydrogen) atoms. The molecule has 0 heterocycles. The van der Waals surface area contributed by atoms with E-state index in [1.807, 2.05) is 0 Å². The van der Waals surface area contributed by atoms with Crippen molar-refractivity contribution in [3.63, 3.8) is 0 Å². The van der Waals surface area contributed by atoms with Gasteiger partial charge in [0.25, 0.3) is 0 Å². The first-order valence-corrected chi connectivity index (χ1v) is 13.8. The Hall–Kier alpha value is -0.670. The van der Waals surface area contributed by atoms with Gasteiger partial charge >= 0.3 is 0 Å². The van der Waals surface area contributed by atoms with Crippen molar-refractivity contribution < 1.29 is 15.0 Å². The highest BCUT2D eigenvalue weighted by Crippen LogP contribution is 2.72. The van der Waals surface area contributed by atoms with E-state index in [-0.39, 0.29) is 16.2 Å². The van der Waals surface area contributed by atoms with Crippen LogP contribution in [0, 0.1) is 39.4 Å². The number of aliphatic hydroxyl groups excluding tert-OH is 1. The van der Waals surface area contributed by atoms with E-state index in [0.717, 1.165) is 25.7 Å². The summed E-state index contributed by atoms with van der Waals surface area (Å²) in [5, 5.41) is 20.6. The molecule has 7 atom stereocenters. The molecule has 2 saturated carbocycles. The van der Waals surface area contributed by atoms with E-state index in [4.69, 9.17) is 0 Å². The summed E-state index contributed by atoms with van der Waals surface area (Å²) in [6.07, 6.45) is 10.1. The van der Waals surface area contributed by atoms with E-state index < -0.39 is 11.7 Å². The molecule has 0 aromatic rings. The third-order valence-corrected chi connectivity index (χ3v) is 12.0. The normalized spacial score (nSPS) is 42.4. The molecule has 4 aliphatic carbocycles. The summed E-state index contributed by atoms with van der Waals surface area (Å²) < 4.78 is 0. The molecule has 1 unspecified atom stereocenters. The van der Waals surface area contributed by atoms with Gasteiger partial charge in [-0.05, 0) is 106 Å². The number of allylic oxidation sites excluding steroid dienone is 2. The summed E-state index contributed by atoms with van der Waals surface area (Å²) in [6.45, 7) is 17.9. The Bertz CT molecular complexity index is 832. The molecule has 0 bridgehead atoms. The second-order valence-corrected chi connectivity index (χ2v) is 14.2. The highest BCUT2D eigenvalue weighted by molar-refractivity contribution is 5.85. The van der Waals surface area contributed by atoms with Crippen LogP contribution in [0.4, 0.5) is 0 Å². The molecule has 0 saturated heterocycles. The van der Waals surface area contributed by atoms with Gasteiger partial charge in [-0.3, -0.25) is 4.79 Å². The van der Waals surface area contributed by atoms with Crippen LogP contribution in [0.1, 0.15) is 120 Å². The molecule has 188 valence electrons. The first-order chi connectivity index (χ1) is 15.1. The van der Waals surface area contributed by atoms with E-state index in [2.05, 4.69) is 41.5 Å². The average Bonchev–Trinajstić information content (AvgIpc) is 3.00. The summed E-state index contributed by atoms with van der Waals surface area (Å²) in [7, 11) is 0. The lowest BCUT2D eigenvalue weighted by molar-refractivity contribution is -0.139. The van der Waals surface area contributed by atoms with Gasteiger partial charge in [-0.15, -0.1) is 0 Å². The molecule has 3 heteroatoms. The fourth-order valence-electron chi connectivity index (χ4n) is 9.42. The second kappa shape index (κ2) is 7.92. The van der Waals surface area contributed by atoms with E-state index in [1.165, 1.54) is 32.1 Å². The minimum absolute atomic E-state index is 0.190. The number of Topliss-reactive ketones (excluding diaryl/α,β-unsaturated/α-hetero) is 1. The Morgan fingerprint density at radius 2 is 1.61 bits per heavy atom. The Morgan fingerprint density at radius 1 is 0.939 bits per heavy atom. The number of carbonyl (C=O) groups excluding carboxylic acids is 1. The zero-order valence-corrected chi connectivity index (χ0v) is 22.7. The van der Waals surface area contributed by atoms with Gasteiger partial charge in [0.05, 0.1) is 11.7 Å². The molecular weight excluding hydrogens is 408 g/mol. The maximum atomic E-state index is 12.8. The summed E-state index contributed by atoms with van der Waals surface area (Å²) in [6, 6.07) is 0. The molecule has 4 aliphatic rings. The number of hydrogen-bond donors (Lipinski definition) is 2. The predicted molar refractivity (Wildman–Crippen MR) is 135 cm³/mol. The molecule has 0 aromatic carbocycles. The minimum atomic E-state index is -1.03. The summed E-state index contributed by atoms with van der Waals surface area (Å²) >= 11 is 0. The van der Waals surface area contributed by atoms with Crippen LogP contribution < -0.4 is 0 Å². The van der Waals surface area contributed by atoms with Crippen LogP contribution in [0.5, 0.6) is 0 Å². The SMILES string of the molecule is C[C@H](CCC(O)C(C)(C)O)[C@H]1CC[C@@]2(C)C3=C(CC[C@]12C)[C@@]1(C)CCC(=O)C(C)(C)[C@@H]1CC3. The Morgan fingerprint density at radius 3 is 2.24 bits per heavy atom. The van der Waals surface area contributed by atoms with Gasteiger partial charge < -0.3 is 10.2 Å². The van der Waals surface area contributed by atoms with Crippen LogP contribution in [0.25, 0.3) is 0 Å². The van der Waals surface area contributed by atoms with Gasteiger partial charge in [-0.25, -0.2) is 0 Å². The van der Waals surface area contributed by atoms with Crippen LogP contribution in [0.2, 0.25) is 0 Å². The zero-order chi connectivity index (χ0) is 24.6. The van der Waals surface area contributed by atoms with Gasteiger partial charge in [-0.2, -0.15) is 0 Å². The molecule has 2 N–H and O–H groups in total. The highest BCUT2D eigenvalue weighted by Gasteiger charge is 2.63. The molecule has 4 rings (SSSR count). The largest absolute Gasteiger partial charge is 0.390 e. The maximum Gasteiger partial charge on any atom is 0.138 e. The lowest BCUT2D eigenvalue weighted by atomic mass is 9.43. The first kappa shape index (κ1) is 25.4. The van der Waals surface area contributed by atoms with E-state index in [0.29, 0.717) is 35.4 Å². The smallest absolute Gasteiger partial charge is 0.138 e. The second-order valence-electron chi connectivity index (χ2n) is 14.2. The lowest BCUT2D eigenvalue weighted by Gasteiger charge is -2.61. The van der Waals surface area contributed by atoms with Crippen molar-refractivity contribution in [1.29, 1.82) is 0 Å². The van der Waals surface area contributed by atoms with Gasteiger partial charge in [-0.1, -0.05) is 52.7 Å². The van der Waals surface area contributed by atoms with Crippen LogP contribution in [-0.2, 0) is 4.79 Å². The van der Waals surface area contributed by atoms with Gasteiger partial charge in [0.2, 0.25) is 0 Å². The molecule has 0 aliphatic heterocycles. The number of fused-ring (bicyclic) bond motifs is 4. The van der Waals surface area contributed by atoms with Crippen LogP contribution in [-0.4, -0.2) is 27.7 Å². The van der Waals surface area contributed by atoms with Gasteiger partial charge in [0, 0.05) is 11.8 Å². The van der Waals surface area contributed by atoms with Gasteiger partial charge in [0.15, 0.2) is 0 Å². The molecule has 0 spiro atoms. The molecule has 0 amide bonds. The van der Waals surface area contributed by atoms with Crippen molar-refractivity contribution >= 4 is 5.78 Å². The van der Waals surface area contributed by atoms with E-state index in [1.54, 1.807) is 25.0 Å². The zero-order valence-electron chi connectivity index (χ0n) is 22.7. The molecule has 0 aromatic heterocycles. The topological polar surface area (TPSA) is 57.5 Å². The number of hydrogen-bond acceptors (Lipinski definition) is 3. The fraction of sp³-hybridized carbons (Fsp3) is 0.900. The minimum Gasteiger partial charge on any atom is -0.390 e. The highest BCUT2D eigenvalue weighted by atomic mass is 16.3. The standard InChI is InChI=1S/C30H50O3/c1-19(9-12-25(32)27(4,5)33)20-13-17-30(8)22-10-11-23-26(2,3)24(31)15-16-28(23,6)21(22)14-18-29(20,30)7/h19-20,23,25,32-33H,9-18H2,1-8H3/t19-,20-,23+,25?,28-,29-,30+/m1/s1. The molecule has 3 nitrogen and oxygen atoms in total. The van der Waals surface area contributed by atoms with Crippen molar-refractivity contribution in [2.24, 2.45) is 39.4 Å². The monoisotopic (exact) mass is 458 g/mol. The van der Waals surface area contributed by atoms with Crippen molar-refractivity contribution in [3.05, 3.63) is 11.1 Å². The number of aliphatic hydroxyl groups is 2. The summed E-state index contributed by atoms with van der Waals surface area (Å²) in [4.78, 5) is 12.8. The van der Waals surface area contributed by atoms with E-state index in [9.17, 15) is 15.0 Å². The van der Waals surface area contributed by atoms with Crippen LogP contribution in [0.3, 0.4) is 0 Å². The van der Waals surface area contributed by atoms with Crippen LogP contribution in [0.15, 0.2) is 11.1 Å². The summed E-state index contributed by atoms with van der Waals surface area (Å²) in [5.41, 5.74) is 3.04. The number of ketones is 1. The Balaban J connectivity index is 1.61. The molecule has 0 radical (unpaired) electrons. The summed E-state index contributed by atoms with van der Waals surface area (Å²) in [5.74, 6) is 2.18. The quantitative estimate of drug-likeness (QED) is 0.443. The van der Waals surface area contributed by atoms with Crippen molar-refractivity contribution in [3.8, 4) is 0 Å². The lowest BCUT2D eigenvalue weighted by Crippen LogP contribution is -2.53. The Labute approximate surface area is 202 Å². The van der Waals surface area contributed by atoms with Crippen molar-refractivity contribution in [2.75, 3.05) is 0 Å². The van der Waals surface area contributed by atoms with Crippen LogP contribution >= 0.6 is 0 Å². The first-order valence-electron chi connectivity index (χ1n) is 13.8. The molecule has 2 fully saturated rings. The third-order valence-electron chi connectivity index (χ3n) is 12.0. The molecular formula is C30H50O3.